The summed E-state index contributed by atoms with van der Waals surface area (Å²) < 4.78 is 5.42. The first-order valence-electron chi connectivity index (χ1n) is 8.12. The van der Waals surface area contributed by atoms with Gasteiger partial charge in [-0.05, 0) is 30.3 Å². The minimum atomic E-state index is -0.0964. The summed E-state index contributed by atoms with van der Waals surface area (Å²) in [5, 5.41) is 4.00. The summed E-state index contributed by atoms with van der Waals surface area (Å²) in [4.78, 5) is 18.2. The van der Waals surface area contributed by atoms with E-state index in [1.54, 1.807) is 0 Å². The number of carbonyl (C=O) groups is 1. The second-order valence-electron chi connectivity index (χ2n) is 5.82. The highest BCUT2D eigenvalue weighted by Crippen LogP contribution is 2.27. The van der Waals surface area contributed by atoms with Crippen molar-refractivity contribution in [1.29, 1.82) is 0 Å². The quantitative estimate of drug-likeness (QED) is 0.778. The molecule has 1 amide bonds. The molecule has 2 heterocycles. The lowest BCUT2D eigenvalue weighted by molar-refractivity contribution is 0.102. The molecule has 0 atom stereocenters. The molecule has 5 heteroatoms. The average Bonchev–Trinajstić information content (AvgIpc) is 3.11. The maximum absolute atomic E-state index is 12.8. The standard InChI is InChI=1S/C19H19N3O2/c23-19(15-4-3-6-16-14(15)8-9-20-16)21-17-5-1-2-7-18(17)22-10-12-24-13-11-22/h1-9,20H,10-13H2,(H,21,23). The molecule has 1 saturated heterocycles. The Morgan fingerprint density at radius 2 is 1.88 bits per heavy atom. The molecule has 24 heavy (non-hydrogen) atoms. The number of fused-ring (bicyclic) bond motifs is 1. The van der Waals surface area contributed by atoms with Crippen molar-refractivity contribution in [3.63, 3.8) is 0 Å². The van der Waals surface area contributed by atoms with Gasteiger partial charge in [0.25, 0.3) is 5.91 Å². The fourth-order valence-electron chi connectivity index (χ4n) is 3.13. The van der Waals surface area contributed by atoms with Crippen LogP contribution in [-0.4, -0.2) is 37.2 Å². The van der Waals surface area contributed by atoms with E-state index in [1.807, 2.05) is 54.7 Å². The number of nitrogens with zero attached hydrogens (tertiary/aromatic N) is 1. The van der Waals surface area contributed by atoms with Crippen LogP contribution in [0.5, 0.6) is 0 Å². The normalized spacial score (nSPS) is 14.8. The van der Waals surface area contributed by atoms with Gasteiger partial charge in [-0.1, -0.05) is 18.2 Å². The molecule has 0 bridgehead atoms. The minimum Gasteiger partial charge on any atom is -0.378 e. The Kier molecular flexibility index (Phi) is 3.92. The van der Waals surface area contributed by atoms with E-state index in [0.717, 1.165) is 35.4 Å². The van der Waals surface area contributed by atoms with Crippen LogP contribution in [0.3, 0.4) is 0 Å². The molecule has 0 saturated carbocycles. The summed E-state index contributed by atoms with van der Waals surface area (Å²) in [6.45, 7) is 3.09. The Balaban J connectivity index is 1.63. The third kappa shape index (κ3) is 2.74. The van der Waals surface area contributed by atoms with Gasteiger partial charge in [-0.15, -0.1) is 0 Å². The summed E-state index contributed by atoms with van der Waals surface area (Å²) in [6, 6.07) is 15.6. The van der Waals surface area contributed by atoms with Crippen LogP contribution in [0.25, 0.3) is 10.9 Å². The Morgan fingerprint density at radius 1 is 1.04 bits per heavy atom. The van der Waals surface area contributed by atoms with Gasteiger partial charge < -0.3 is 19.9 Å². The van der Waals surface area contributed by atoms with Gasteiger partial charge in [-0.3, -0.25) is 4.79 Å². The van der Waals surface area contributed by atoms with Crippen LogP contribution in [0.4, 0.5) is 11.4 Å². The van der Waals surface area contributed by atoms with E-state index in [2.05, 4.69) is 15.2 Å². The number of morpholine rings is 1. The van der Waals surface area contributed by atoms with Crippen LogP contribution in [0.1, 0.15) is 10.4 Å². The molecule has 0 unspecified atom stereocenters. The van der Waals surface area contributed by atoms with Gasteiger partial charge in [0.2, 0.25) is 0 Å². The van der Waals surface area contributed by atoms with E-state index >= 15 is 0 Å². The lowest BCUT2D eigenvalue weighted by atomic mass is 10.1. The zero-order valence-corrected chi connectivity index (χ0v) is 13.3. The van der Waals surface area contributed by atoms with Crippen molar-refractivity contribution in [1.82, 2.24) is 4.98 Å². The second kappa shape index (κ2) is 6.37. The number of benzene rings is 2. The van der Waals surface area contributed by atoms with E-state index in [1.165, 1.54) is 0 Å². The maximum atomic E-state index is 12.8. The largest absolute Gasteiger partial charge is 0.378 e. The van der Waals surface area contributed by atoms with Crippen molar-refractivity contribution >= 4 is 28.2 Å². The molecular formula is C19H19N3O2. The Labute approximate surface area is 140 Å². The lowest BCUT2D eigenvalue weighted by Gasteiger charge is -2.30. The van der Waals surface area contributed by atoms with Gasteiger partial charge in [0.1, 0.15) is 0 Å². The molecule has 122 valence electrons. The number of ether oxygens (including phenoxy) is 1. The Bertz CT molecular complexity index is 866. The fourth-order valence-corrected chi connectivity index (χ4v) is 3.13. The predicted molar refractivity (Wildman–Crippen MR) is 95.7 cm³/mol. The number of aromatic amines is 1. The molecule has 5 nitrogen and oxygen atoms in total. The molecule has 0 spiro atoms. The van der Waals surface area contributed by atoms with Crippen LogP contribution in [0.15, 0.2) is 54.7 Å². The van der Waals surface area contributed by atoms with Crippen LogP contribution < -0.4 is 10.2 Å². The van der Waals surface area contributed by atoms with Gasteiger partial charge in [0, 0.05) is 35.8 Å². The SMILES string of the molecule is O=C(Nc1ccccc1N1CCOCC1)c1cccc2[nH]ccc12. The van der Waals surface area contributed by atoms with Crippen LogP contribution in [0.2, 0.25) is 0 Å². The van der Waals surface area contributed by atoms with Crippen LogP contribution in [0, 0.1) is 0 Å². The molecule has 3 aromatic rings. The average molecular weight is 321 g/mol. The summed E-state index contributed by atoms with van der Waals surface area (Å²) in [5.41, 5.74) is 3.50. The van der Waals surface area contributed by atoms with E-state index in [0.29, 0.717) is 18.8 Å². The van der Waals surface area contributed by atoms with Gasteiger partial charge in [-0.2, -0.15) is 0 Å². The van der Waals surface area contributed by atoms with Crippen molar-refractivity contribution in [3.05, 3.63) is 60.3 Å². The third-order valence-electron chi connectivity index (χ3n) is 4.34. The molecule has 2 N–H and O–H groups in total. The number of anilines is 2. The Morgan fingerprint density at radius 3 is 2.75 bits per heavy atom. The minimum absolute atomic E-state index is 0.0964. The number of nitrogens with one attached hydrogen (secondary N) is 2. The van der Waals surface area contributed by atoms with Gasteiger partial charge >= 0.3 is 0 Å². The number of aromatic nitrogens is 1. The number of carbonyl (C=O) groups excluding carboxylic acids is 1. The molecule has 0 aliphatic carbocycles. The number of hydrogen-bond acceptors (Lipinski definition) is 3. The number of amides is 1. The van der Waals surface area contributed by atoms with Gasteiger partial charge in [0.05, 0.1) is 24.6 Å². The van der Waals surface area contributed by atoms with E-state index < -0.39 is 0 Å². The first kappa shape index (κ1) is 14.8. The molecule has 1 aliphatic heterocycles. The van der Waals surface area contributed by atoms with Crippen molar-refractivity contribution in [3.8, 4) is 0 Å². The molecule has 1 aromatic heterocycles. The van der Waals surface area contributed by atoms with Crippen molar-refractivity contribution in [2.45, 2.75) is 0 Å². The molecule has 0 radical (unpaired) electrons. The fraction of sp³-hybridized carbons (Fsp3) is 0.211. The number of hydrogen-bond donors (Lipinski definition) is 2. The number of H-pyrrole nitrogens is 1. The zero-order valence-electron chi connectivity index (χ0n) is 13.3. The van der Waals surface area contributed by atoms with Crippen LogP contribution in [-0.2, 0) is 4.74 Å². The maximum Gasteiger partial charge on any atom is 0.256 e. The van der Waals surface area contributed by atoms with Crippen molar-refractivity contribution in [2.75, 3.05) is 36.5 Å². The van der Waals surface area contributed by atoms with Crippen LogP contribution >= 0.6 is 0 Å². The highest BCUT2D eigenvalue weighted by Gasteiger charge is 2.17. The molecule has 4 rings (SSSR count). The summed E-state index contributed by atoms with van der Waals surface area (Å²) in [5.74, 6) is -0.0964. The van der Waals surface area contributed by atoms with E-state index in [9.17, 15) is 4.79 Å². The molecule has 1 fully saturated rings. The smallest absolute Gasteiger partial charge is 0.256 e. The molecule has 1 aliphatic rings. The van der Waals surface area contributed by atoms with E-state index in [-0.39, 0.29) is 5.91 Å². The van der Waals surface area contributed by atoms with Gasteiger partial charge in [-0.25, -0.2) is 0 Å². The highest BCUT2D eigenvalue weighted by atomic mass is 16.5. The number of rotatable bonds is 3. The predicted octanol–water partition coefficient (Wildman–Crippen LogP) is 3.26. The van der Waals surface area contributed by atoms with Crippen molar-refractivity contribution < 1.29 is 9.53 Å². The highest BCUT2D eigenvalue weighted by molar-refractivity contribution is 6.13. The van der Waals surface area contributed by atoms with Crippen molar-refractivity contribution in [2.24, 2.45) is 0 Å². The Hall–Kier alpha value is -2.79. The first-order chi connectivity index (χ1) is 11.8. The summed E-state index contributed by atoms with van der Waals surface area (Å²) in [7, 11) is 0. The lowest BCUT2D eigenvalue weighted by Crippen LogP contribution is -2.36. The first-order valence-corrected chi connectivity index (χ1v) is 8.12. The summed E-state index contributed by atoms with van der Waals surface area (Å²) in [6.07, 6.45) is 1.85. The molecule has 2 aromatic carbocycles. The second-order valence-corrected chi connectivity index (χ2v) is 5.82. The third-order valence-corrected chi connectivity index (χ3v) is 4.34. The topological polar surface area (TPSA) is 57.4 Å². The number of para-hydroxylation sites is 2. The van der Waals surface area contributed by atoms with Gasteiger partial charge in [0.15, 0.2) is 0 Å². The summed E-state index contributed by atoms with van der Waals surface area (Å²) >= 11 is 0. The molecular weight excluding hydrogens is 302 g/mol. The monoisotopic (exact) mass is 321 g/mol. The zero-order chi connectivity index (χ0) is 16.4. The van der Waals surface area contributed by atoms with E-state index in [4.69, 9.17) is 4.74 Å².